The van der Waals surface area contributed by atoms with Crippen molar-refractivity contribution in [1.29, 1.82) is 0 Å². The fourth-order valence-electron chi connectivity index (χ4n) is 7.14. The number of ether oxygens (including phenoxy) is 1. The van der Waals surface area contributed by atoms with Crippen molar-refractivity contribution in [3.8, 4) is 0 Å². The fourth-order valence-corrected chi connectivity index (χ4v) is 7.14. The standard InChI is InChI=1S/C34H51N5O6/c1-19(2)25-13-14-39(29(25)32(42)36-26(30(40)31(35)41)15-21-9-8-10-21)33(43)28(24-16-22-11-6-7-12-23(22)17-24)38-34(44)37-27(18-45-5)20(3)4/h6-7,11-12,19-21,24-29H,8-10,13-18H2,1-5H3,(H2,35,41)(H,36,42)(H2,37,38,44)/t25-,26?,27-,28+,29+/m1/s1. The topological polar surface area (TPSA) is 160 Å². The number of carbonyl (C=O) groups is 5. The van der Waals surface area contributed by atoms with Gasteiger partial charge in [-0.1, -0.05) is 71.2 Å². The number of benzene rings is 1. The molecule has 248 valence electrons. The van der Waals surface area contributed by atoms with Crippen molar-refractivity contribution in [1.82, 2.24) is 20.9 Å². The monoisotopic (exact) mass is 625 g/mol. The van der Waals surface area contributed by atoms with Gasteiger partial charge in [0.1, 0.15) is 12.1 Å². The van der Waals surface area contributed by atoms with Crippen LogP contribution in [0.4, 0.5) is 4.79 Å². The molecule has 1 aromatic rings. The lowest BCUT2D eigenvalue weighted by atomic mass is 9.80. The summed E-state index contributed by atoms with van der Waals surface area (Å²) in [5.41, 5.74) is 7.64. The number of nitrogens with two attached hydrogens (primary N) is 1. The van der Waals surface area contributed by atoms with Gasteiger partial charge in [0.25, 0.3) is 5.91 Å². The Morgan fingerprint density at radius 1 is 0.956 bits per heavy atom. The molecule has 1 aromatic carbocycles. The van der Waals surface area contributed by atoms with Crippen molar-refractivity contribution in [2.75, 3.05) is 20.3 Å². The van der Waals surface area contributed by atoms with E-state index in [1.165, 1.54) is 0 Å². The molecule has 2 fully saturated rings. The quantitative estimate of drug-likeness (QED) is 0.232. The summed E-state index contributed by atoms with van der Waals surface area (Å²) < 4.78 is 5.30. The van der Waals surface area contributed by atoms with Gasteiger partial charge in [-0.25, -0.2) is 4.79 Å². The van der Waals surface area contributed by atoms with Crippen molar-refractivity contribution in [2.45, 2.75) is 96.8 Å². The van der Waals surface area contributed by atoms with E-state index in [-0.39, 0.29) is 41.5 Å². The van der Waals surface area contributed by atoms with Crippen LogP contribution in [0.5, 0.6) is 0 Å². The fraction of sp³-hybridized carbons (Fsp3) is 0.676. The molecule has 0 spiro atoms. The average Bonchev–Trinajstić information content (AvgIpc) is 3.61. The van der Waals surface area contributed by atoms with Crippen LogP contribution < -0.4 is 21.7 Å². The zero-order valence-electron chi connectivity index (χ0n) is 27.3. The predicted molar refractivity (Wildman–Crippen MR) is 170 cm³/mol. The summed E-state index contributed by atoms with van der Waals surface area (Å²) in [5, 5.41) is 8.79. The van der Waals surface area contributed by atoms with Gasteiger partial charge >= 0.3 is 6.03 Å². The first-order valence-electron chi connectivity index (χ1n) is 16.5. The Labute approximate surface area is 266 Å². The number of primary amides is 1. The number of ketones is 1. The number of likely N-dealkylation sites (tertiary alicyclic amines) is 1. The number of nitrogens with zero attached hydrogens (tertiary/aromatic N) is 1. The normalized spacial score (nSPS) is 22.0. The lowest BCUT2D eigenvalue weighted by Crippen LogP contribution is -2.60. The number of rotatable bonds is 14. The highest BCUT2D eigenvalue weighted by atomic mass is 16.5. The lowest BCUT2D eigenvalue weighted by Gasteiger charge is -2.35. The molecule has 1 unspecified atom stereocenters. The van der Waals surface area contributed by atoms with Gasteiger partial charge in [-0.2, -0.15) is 0 Å². The minimum atomic E-state index is -1.08. The Morgan fingerprint density at radius 2 is 1.60 bits per heavy atom. The van der Waals surface area contributed by atoms with Gasteiger partial charge in [-0.05, 0) is 66.4 Å². The van der Waals surface area contributed by atoms with Gasteiger partial charge in [0.2, 0.25) is 17.6 Å². The van der Waals surface area contributed by atoms with E-state index in [4.69, 9.17) is 10.5 Å². The number of Topliss-reactive ketones (excluding diaryl/α,β-unsaturated/α-hetero) is 1. The molecule has 4 rings (SSSR count). The molecular formula is C34H51N5O6. The Bertz CT molecular complexity index is 1220. The third kappa shape index (κ3) is 8.23. The van der Waals surface area contributed by atoms with Crippen molar-refractivity contribution in [2.24, 2.45) is 35.3 Å². The number of fused-ring (bicyclic) bond motifs is 1. The molecule has 11 nitrogen and oxygen atoms in total. The smallest absolute Gasteiger partial charge is 0.315 e. The van der Waals surface area contributed by atoms with E-state index in [0.29, 0.717) is 38.8 Å². The number of hydrogen-bond donors (Lipinski definition) is 4. The number of carbonyl (C=O) groups excluding carboxylic acids is 5. The van der Waals surface area contributed by atoms with Gasteiger partial charge in [0.05, 0.1) is 18.7 Å². The molecular weight excluding hydrogens is 574 g/mol. The van der Waals surface area contributed by atoms with Gasteiger partial charge in [0, 0.05) is 13.7 Å². The lowest BCUT2D eigenvalue weighted by molar-refractivity contribution is -0.144. The first-order valence-corrected chi connectivity index (χ1v) is 16.5. The van der Waals surface area contributed by atoms with E-state index in [1.807, 2.05) is 52.0 Å². The highest BCUT2D eigenvalue weighted by Crippen LogP contribution is 2.35. The van der Waals surface area contributed by atoms with E-state index in [9.17, 15) is 24.0 Å². The maximum Gasteiger partial charge on any atom is 0.315 e. The van der Waals surface area contributed by atoms with Gasteiger partial charge in [0.15, 0.2) is 0 Å². The highest BCUT2D eigenvalue weighted by Gasteiger charge is 2.48. The molecule has 5 N–H and O–H groups in total. The first-order chi connectivity index (χ1) is 21.4. The van der Waals surface area contributed by atoms with Crippen LogP contribution in [0.2, 0.25) is 0 Å². The summed E-state index contributed by atoms with van der Waals surface area (Å²) in [5.74, 6) is -2.63. The number of nitrogens with one attached hydrogen (secondary N) is 3. The third-order valence-electron chi connectivity index (χ3n) is 10.1. The zero-order valence-corrected chi connectivity index (χ0v) is 27.3. The molecule has 45 heavy (non-hydrogen) atoms. The maximum atomic E-state index is 14.5. The summed E-state index contributed by atoms with van der Waals surface area (Å²) in [4.78, 5) is 68.2. The second-order valence-electron chi connectivity index (χ2n) is 13.8. The van der Waals surface area contributed by atoms with Crippen LogP contribution in [0.25, 0.3) is 0 Å². The Hall–Kier alpha value is -3.47. The van der Waals surface area contributed by atoms with Crippen molar-refractivity contribution in [3.05, 3.63) is 35.4 Å². The van der Waals surface area contributed by atoms with Crippen molar-refractivity contribution >= 4 is 29.5 Å². The minimum Gasteiger partial charge on any atom is -0.383 e. The number of hydrogen-bond acceptors (Lipinski definition) is 6. The SMILES string of the molecule is COC[C@@H](NC(=O)N[C@H](C(=O)N1CC[C@H](C(C)C)[C@H]1C(=O)NC(CC1CCC1)C(=O)C(N)=O)C1Cc2ccccc2C1)C(C)C. The first kappa shape index (κ1) is 34.4. The van der Waals surface area contributed by atoms with Crippen LogP contribution in [-0.2, 0) is 36.8 Å². The Kier molecular flexibility index (Phi) is 11.6. The molecule has 5 amide bonds. The highest BCUT2D eigenvalue weighted by molar-refractivity contribution is 6.37. The summed E-state index contributed by atoms with van der Waals surface area (Å²) >= 11 is 0. The molecule has 0 aromatic heterocycles. The summed E-state index contributed by atoms with van der Waals surface area (Å²) in [6.45, 7) is 8.67. The molecule has 0 radical (unpaired) electrons. The summed E-state index contributed by atoms with van der Waals surface area (Å²) in [7, 11) is 1.58. The summed E-state index contributed by atoms with van der Waals surface area (Å²) in [6, 6.07) is 4.55. The average molecular weight is 626 g/mol. The predicted octanol–water partition coefficient (Wildman–Crippen LogP) is 2.34. The van der Waals surface area contributed by atoms with Gasteiger partial charge < -0.3 is 31.3 Å². The Balaban J connectivity index is 1.59. The molecule has 2 aliphatic carbocycles. The van der Waals surface area contributed by atoms with Crippen LogP contribution in [0.1, 0.15) is 70.9 Å². The Morgan fingerprint density at radius 3 is 2.11 bits per heavy atom. The molecule has 1 aliphatic heterocycles. The van der Waals surface area contributed by atoms with Crippen LogP contribution in [0, 0.1) is 29.6 Å². The van der Waals surface area contributed by atoms with Crippen LogP contribution in [0.3, 0.4) is 0 Å². The van der Waals surface area contributed by atoms with Crippen molar-refractivity contribution in [3.63, 3.8) is 0 Å². The second-order valence-corrected chi connectivity index (χ2v) is 13.8. The van der Waals surface area contributed by atoms with Gasteiger partial charge in [-0.15, -0.1) is 0 Å². The maximum absolute atomic E-state index is 14.5. The summed E-state index contributed by atoms with van der Waals surface area (Å²) in [6.07, 6.45) is 5.10. The molecule has 1 saturated heterocycles. The molecule has 3 aliphatic rings. The third-order valence-corrected chi connectivity index (χ3v) is 10.1. The number of methoxy groups -OCH3 is 1. The van der Waals surface area contributed by atoms with Gasteiger partial charge in [-0.3, -0.25) is 19.2 Å². The van der Waals surface area contributed by atoms with E-state index in [1.54, 1.807) is 12.0 Å². The largest absolute Gasteiger partial charge is 0.383 e. The number of urea groups is 1. The second kappa shape index (κ2) is 15.2. The number of amides is 5. The molecule has 11 heteroatoms. The van der Waals surface area contributed by atoms with Crippen LogP contribution in [-0.4, -0.2) is 78.9 Å². The molecule has 0 bridgehead atoms. The molecule has 1 heterocycles. The van der Waals surface area contributed by atoms with Crippen LogP contribution >= 0.6 is 0 Å². The molecule has 1 saturated carbocycles. The van der Waals surface area contributed by atoms with E-state index in [2.05, 4.69) is 16.0 Å². The van der Waals surface area contributed by atoms with E-state index >= 15 is 0 Å². The van der Waals surface area contributed by atoms with Crippen molar-refractivity contribution < 1.29 is 28.7 Å². The zero-order chi connectivity index (χ0) is 32.8. The van der Waals surface area contributed by atoms with E-state index in [0.717, 1.165) is 30.4 Å². The van der Waals surface area contributed by atoms with E-state index < -0.39 is 41.8 Å². The molecule has 5 atom stereocenters. The minimum absolute atomic E-state index is 0.0711. The van der Waals surface area contributed by atoms with Crippen LogP contribution in [0.15, 0.2) is 24.3 Å².